The molecule has 4 N–H and O–H groups in total. The van der Waals surface area contributed by atoms with Crippen molar-refractivity contribution in [1.82, 2.24) is 0 Å². The minimum Gasteiger partial charge on any atom is -0.380 e. The zero-order chi connectivity index (χ0) is 35.9. The molecule has 0 aromatic heterocycles. The summed E-state index contributed by atoms with van der Waals surface area (Å²) < 4.78 is 0. The van der Waals surface area contributed by atoms with E-state index in [1.807, 2.05) is 18.2 Å². The van der Waals surface area contributed by atoms with Gasteiger partial charge in [0.15, 0.2) is 6.10 Å². The number of hydrogen-bond acceptors (Lipinski definition) is 4. The van der Waals surface area contributed by atoms with Gasteiger partial charge in [0.05, 0.1) is 0 Å². The normalized spacial score (nSPS) is 14.1. The Balaban J connectivity index is 3.57. The van der Waals surface area contributed by atoms with Gasteiger partial charge < -0.3 is 20.4 Å². The molecule has 4 unspecified atom stereocenters. The molecule has 270 valence electrons. The maximum absolute atomic E-state index is 9.96. The number of terminal acetylenes is 2. The van der Waals surface area contributed by atoms with E-state index in [2.05, 4.69) is 59.8 Å². The van der Waals surface area contributed by atoms with Gasteiger partial charge in [0.25, 0.3) is 0 Å². The first-order valence-electron chi connectivity index (χ1n) is 18.9. The van der Waals surface area contributed by atoms with Crippen molar-refractivity contribution in [2.45, 2.75) is 172 Å². The maximum atomic E-state index is 9.96. The van der Waals surface area contributed by atoms with Crippen LogP contribution in [0, 0.1) is 48.4 Å². The molecule has 0 radical (unpaired) electrons. The Kier molecular flexibility index (Phi) is 35.1. The van der Waals surface area contributed by atoms with Crippen LogP contribution in [0.1, 0.15) is 148 Å². The van der Waals surface area contributed by atoms with E-state index in [-0.39, 0.29) is 0 Å². The second-order valence-corrected chi connectivity index (χ2v) is 12.5. The van der Waals surface area contributed by atoms with Gasteiger partial charge in [0.1, 0.15) is 18.3 Å². The number of aliphatic hydroxyl groups excluding tert-OH is 4. The predicted molar refractivity (Wildman–Crippen MR) is 209 cm³/mol. The van der Waals surface area contributed by atoms with Crippen LogP contribution in [-0.4, -0.2) is 44.8 Å². The van der Waals surface area contributed by atoms with Crippen molar-refractivity contribution in [3.05, 3.63) is 60.8 Å². The molecule has 0 rings (SSSR count). The molecule has 0 aliphatic carbocycles. The average molecular weight is 671 g/mol. The highest BCUT2D eigenvalue weighted by Gasteiger charge is 2.00. The number of unbranched alkanes of at least 4 members (excludes halogenated alkanes) is 18. The van der Waals surface area contributed by atoms with E-state index >= 15 is 0 Å². The van der Waals surface area contributed by atoms with Gasteiger partial charge in [0.2, 0.25) is 0 Å². The molecule has 0 fully saturated rings. The Bertz CT molecular complexity index is 1120. The van der Waals surface area contributed by atoms with E-state index < -0.39 is 24.4 Å². The van der Waals surface area contributed by atoms with E-state index in [0.29, 0.717) is 6.42 Å². The fourth-order valence-corrected chi connectivity index (χ4v) is 5.02. The fraction of sp³-hybridized carbons (Fsp3) is 0.600. The molecule has 0 bridgehead atoms. The zero-order valence-electron chi connectivity index (χ0n) is 30.3. The maximum Gasteiger partial charge on any atom is 0.177 e. The summed E-state index contributed by atoms with van der Waals surface area (Å²) >= 11 is 0. The van der Waals surface area contributed by atoms with Crippen LogP contribution in [0.4, 0.5) is 0 Å². The lowest BCUT2D eigenvalue weighted by Gasteiger charge is -2.02. The van der Waals surface area contributed by atoms with E-state index in [1.54, 1.807) is 18.2 Å². The monoisotopic (exact) mass is 670 g/mol. The van der Waals surface area contributed by atoms with E-state index in [0.717, 1.165) is 51.4 Å². The van der Waals surface area contributed by atoms with Crippen LogP contribution >= 0.6 is 0 Å². The molecular formula is C45H66O4. The first kappa shape index (κ1) is 45.8. The van der Waals surface area contributed by atoms with E-state index in [9.17, 15) is 20.4 Å². The Morgan fingerprint density at radius 3 is 1.29 bits per heavy atom. The third-order valence-corrected chi connectivity index (χ3v) is 7.95. The molecule has 0 aromatic carbocycles. The standard InChI is InChI=1S/C45H66O4/c1-3-42(46)36-32-28-25-23-21-19-17-15-13-11-9-7-5-6-8-10-12-14-16-18-20-22-24-26-29-34-38-44(48)40-41-45(49)39-35-31-27-30-33-37-43(47)4-2/h1-2,6,8,18,20,26,29,32-33,36-37,42-49H,5,7,9-17,19,21-25,27-28,30-31,35,39H2. The van der Waals surface area contributed by atoms with Crippen molar-refractivity contribution >= 4 is 0 Å². The van der Waals surface area contributed by atoms with Crippen molar-refractivity contribution in [1.29, 1.82) is 0 Å². The highest BCUT2D eigenvalue weighted by molar-refractivity contribution is 5.25. The number of rotatable bonds is 29. The van der Waals surface area contributed by atoms with Gasteiger partial charge in [-0.15, -0.1) is 12.8 Å². The van der Waals surface area contributed by atoms with Gasteiger partial charge in [-0.05, 0) is 108 Å². The zero-order valence-corrected chi connectivity index (χ0v) is 30.3. The lowest BCUT2D eigenvalue weighted by Crippen LogP contribution is -2.05. The molecule has 49 heavy (non-hydrogen) atoms. The van der Waals surface area contributed by atoms with Crippen molar-refractivity contribution in [3.8, 4) is 48.4 Å². The van der Waals surface area contributed by atoms with Gasteiger partial charge in [-0.2, -0.15) is 0 Å². The fourth-order valence-electron chi connectivity index (χ4n) is 5.02. The van der Waals surface area contributed by atoms with Crippen molar-refractivity contribution < 1.29 is 20.4 Å². The average Bonchev–Trinajstić information content (AvgIpc) is 3.11. The smallest absolute Gasteiger partial charge is 0.177 e. The highest BCUT2D eigenvalue weighted by atomic mass is 16.3. The summed E-state index contributed by atoms with van der Waals surface area (Å²) in [5.74, 6) is 15.3. The van der Waals surface area contributed by atoms with Crippen LogP contribution in [0.5, 0.6) is 0 Å². The van der Waals surface area contributed by atoms with Crippen molar-refractivity contribution in [2.24, 2.45) is 0 Å². The van der Waals surface area contributed by atoms with Crippen LogP contribution in [0.15, 0.2) is 60.8 Å². The number of allylic oxidation sites excluding steroid dienone is 8. The summed E-state index contributed by atoms with van der Waals surface area (Å²) in [5.41, 5.74) is 0. The second kappa shape index (κ2) is 37.6. The minimum absolute atomic E-state index is 0.557. The van der Waals surface area contributed by atoms with Gasteiger partial charge in [-0.3, -0.25) is 0 Å². The van der Waals surface area contributed by atoms with Gasteiger partial charge >= 0.3 is 0 Å². The van der Waals surface area contributed by atoms with Gasteiger partial charge in [-0.25, -0.2) is 0 Å². The first-order valence-corrected chi connectivity index (χ1v) is 18.9. The Morgan fingerprint density at radius 1 is 0.408 bits per heavy atom. The summed E-state index contributed by atoms with van der Waals surface area (Å²) in [4.78, 5) is 0. The molecule has 0 amide bonds. The first-order chi connectivity index (χ1) is 24.0. The Morgan fingerprint density at radius 2 is 0.796 bits per heavy atom. The summed E-state index contributed by atoms with van der Waals surface area (Å²) in [6, 6.07) is 0. The SMILES string of the molecule is C#CC(O)C=CCCCCCCCCCCCCC=CCCCCC=CCCC=CC#CC(O)C#CC(O)CCCCCC=CC(O)C#C. The highest BCUT2D eigenvalue weighted by Crippen LogP contribution is 2.13. The largest absolute Gasteiger partial charge is 0.380 e. The van der Waals surface area contributed by atoms with Crippen LogP contribution in [-0.2, 0) is 0 Å². The van der Waals surface area contributed by atoms with E-state index in [4.69, 9.17) is 12.8 Å². The molecule has 0 heterocycles. The van der Waals surface area contributed by atoms with Crippen LogP contribution in [0.3, 0.4) is 0 Å². The van der Waals surface area contributed by atoms with Crippen molar-refractivity contribution in [2.75, 3.05) is 0 Å². The molecule has 0 aliphatic rings. The number of hydrogen-bond donors (Lipinski definition) is 4. The van der Waals surface area contributed by atoms with Crippen LogP contribution in [0.25, 0.3) is 0 Å². The molecule has 4 atom stereocenters. The van der Waals surface area contributed by atoms with Crippen molar-refractivity contribution in [3.63, 3.8) is 0 Å². The molecule has 0 aliphatic heterocycles. The molecule has 0 spiro atoms. The third-order valence-electron chi connectivity index (χ3n) is 7.95. The molecular weight excluding hydrogens is 604 g/mol. The predicted octanol–water partition coefficient (Wildman–Crippen LogP) is 9.46. The molecule has 0 aromatic rings. The van der Waals surface area contributed by atoms with E-state index in [1.165, 1.54) is 89.9 Å². The number of aliphatic hydroxyl groups is 4. The van der Waals surface area contributed by atoms with Gasteiger partial charge in [-0.1, -0.05) is 136 Å². The molecule has 4 heteroatoms. The molecule has 0 saturated carbocycles. The lowest BCUT2D eigenvalue weighted by atomic mass is 10.0. The summed E-state index contributed by atoms with van der Waals surface area (Å²) in [6.45, 7) is 0. The quantitative estimate of drug-likeness (QED) is 0.0363. The van der Waals surface area contributed by atoms with Gasteiger partial charge in [0, 0.05) is 0 Å². The second-order valence-electron chi connectivity index (χ2n) is 12.5. The molecule has 4 nitrogen and oxygen atoms in total. The summed E-state index contributed by atoms with van der Waals surface area (Å²) in [6.07, 6.45) is 53.2. The lowest BCUT2D eigenvalue weighted by molar-refractivity contribution is 0.216. The Labute approximate surface area is 301 Å². The third kappa shape index (κ3) is 37.4. The minimum atomic E-state index is -1.06. The summed E-state index contributed by atoms with van der Waals surface area (Å²) in [7, 11) is 0. The molecule has 0 saturated heterocycles. The summed E-state index contributed by atoms with van der Waals surface area (Å²) in [5, 5.41) is 38.3. The Hall–Kier alpha value is -3.22. The topological polar surface area (TPSA) is 80.9 Å². The van der Waals surface area contributed by atoms with Crippen LogP contribution in [0.2, 0.25) is 0 Å². The van der Waals surface area contributed by atoms with Crippen LogP contribution < -0.4 is 0 Å².